The van der Waals surface area contributed by atoms with Crippen molar-refractivity contribution in [1.82, 2.24) is 0 Å². The molecule has 0 fully saturated rings. The highest BCUT2D eigenvalue weighted by Crippen LogP contribution is 2.42. The summed E-state index contributed by atoms with van der Waals surface area (Å²) >= 11 is 0. The first-order chi connectivity index (χ1) is 31.0. The van der Waals surface area contributed by atoms with Crippen LogP contribution in [0.2, 0.25) is 0 Å². The predicted molar refractivity (Wildman–Crippen MR) is 245 cm³/mol. The first kappa shape index (κ1) is 43.8. The van der Waals surface area contributed by atoms with Crippen molar-refractivity contribution < 1.29 is 32.6 Å². The lowest BCUT2D eigenvalue weighted by Crippen LogP contribution is -2.32. The molecule has 1 unspecified atom stereocenters. The Balaban J connectivity index is 0.000000330. The summed E-state index contributed by atoms with van der Waals surface area (Å²) in [5.41, 5.74) is 10.1. The van der Waals surface area contributed by atoms with Gasteiger partial charge in [0.25, 0.3) is 0 Å². The molecule has 7 aromatic carbocycles. The average Bonchev–Trinajstić information content (AvgIpc) is 3.38. The second-order valence-corrected chi connectivity index (χ2v) is 13.7. The van der Waals surface area contributed by atoms with Gasteiger partial charge in [-0.2, -0.15) is 0 Å². The van der Waals surface area contributed by atoms with Gasteiger partial charge < -0.3 is 29.9 Å². The Morgan fingerprint density at radius 1 is 0.443 bits per heavy atom. The summed E-state index contributed by atoms with van der Waals surface area (Å²) in [6.45, 7) is 0.464. The third-order valence-corrected chi connectivity index (χ3v) is 9.74. The number of rotatable bonds is 11. The first-order valence-corrected chi connectivity index (χ1v) is 19.2. The molecule has 0 bridgehead atoms. The second-order valence-electron chi connectivity index (χ2n) is 13.7. The fourth-order valence-corrected chi connectivity index (χ4v) is 6.34. The molecule has 0 spiro atoms. The normalized spacial score (nSPS) is 11.3. The Hall–Kier alpha value is -6.74. The quantitative estimate of drug-likeness (QED) is 0.0767. The molecule has 4 N–H and O–H groups in total. The average molecular weight is 814 g/mol. The van der Waals surface area contributed by atoms with Crippen molar-refractivity contribution in [3.8, 4) is 29.4 Å². The van der Waals surface area contributed by atoms with E-state index in [1.807, 2.05) is 164 Å². The van der Waals surface area contributed by atoms with Gasteiger partial charge in [0, 0.05) is 25.0 Å². The van der Waals surface area contributed by atoms with Gasteiger partial charge in [-0.15, -0.1) is 0 Å². The van der Waals surface area contributed by atoms with Crippen LogP contribution < -0.4 is 4.74 Å². The summed E-state index contributed by atoms with van der Waals surface area (Å²) in [6, 6.07) is 56.7. The molecule has 0 saturated carbocycles. The number of ether oxygens (including phenoxy) is 2. The van der Waals surface area contributed by atoms with Crippen LogP contribution in [0, 0.1) is 23.7 Å². The summed E-state index contributed by atoms with van der Waals surface area (Å²) in [4.78, 5) is 0. The Morgan fingerprint density at radius 3 is 1.07 bits per heavy atom. The standard InChI is InChI=1S/C37H32O4.C16H14O2.2CH4/c1-40-36-23-21-35(22-24-36)37(33-5-3-2-4-6-33,34-19-17-31(26-39)18-20-34)41-27-32-15-11-29(12-16-32)8-7-28-9-13-30(25-38)14-10-28;17-11-15-7-3-13(4-8-15)1-2-14-5-9-16(12-18)10-6-14;;/h2-6,9-24,38-39H,25-27H2,1H3;3-10,17-18H,11-12H2;2*1H4/i;;1T;1D. The lowest BCUT2D eigenvalue weighted by molar-refractivity contribution is 0.000193. The van der Waals surface area contributed by atoms with Gasteiger partial charge in [0.05, 0.1) is 40.1 Å². The van der Waals surface area contributed by atoms with Gasteiger partial charge in [0.2, 0.25) is 0 Å². The zero-order valence-corrected chi connectivity index (χ0v) is 34.9. The van der Waals surface area contributed by atoms with Crippen LogP contribution in [0.1, 0.15) is 84.3 Å². The maximum atomic E-state index is 9.66. The third kappa shape index (κ3) is 12.6. The number of methoxy groups -OCH3 is 1. The van der Waals surface area contributed by atoms with Crippen molar-refractivity contribution in [3.05, 3.63) is 243 Å². The van der Waals surface area contributed by atoms with Crippen molar-refractivity contribution in [2.45, 2.75) is 53.4 Å². The minimum atomic E-state index is -0.902. The van der Waals surface area contributed by atoms with Crippen molar-refractivity contribution >= 4 is 0 Å². The summed E-state index contributed by atoms with van der Waals surface area (Å²) in [6.07, 6.45) is 0. The number of aliphatic hydroxyl groups is 4. The van der Waals surface area contributed by atoms with Crippen molar-refractivity contribution in [2.75, 3.05) is 7.11 Å². The molecule has 0 saturated heterocycles. The van der Waals surface area contributed by atoms with Crippen LogP contribution >= 0.6 is 0 Å². The molecule has 0 aromatic heterocycles. The molecule has 0 aliphatic rings. The smallest absolute Gasteiger partial charge is 0.144 e. The number of hydrogen-bond donors (Lipinski definition) is 4. The third-order valence-electron chi connectivity index (χ3n) is 9.74. The SMILES string of the molecule is COc1ccc(C(OCc2ccc(C#Cc3ccc(CO)cc3)cc2)(c2ccccc2)c2ccc(CO)cc2)cc1.OCc1ccc(C#Cc2ccc(CO)cc2)cc1.[2H]C.[3H]C. The maximum Gasteiger partial charge on any atom is 0.144 e. The molecule has 0 aliphatic heterocycles. The van der Waals surface area contributed by atoms with E-state index in [-0.39, 0.29) is 26.4 Å². The topological polar surface area (TPSA) is 99.4 Å². The van der Waals surface area contributed by atoms with Gasteiger partial charge in [0.15, 0.2) is 0 Å². The van der Waals surface area contributed by atoms with E-state index in [9.17, 15) is 10.2 Å². The molecule has 6 nitrogen and oxygen atoms in total. The van der Waals surface area contributed by atoms with Crippen LogP contribution in [0.25, 0.3) is 0 Å². The molecule has 0 amide bonds. The Morgan fingerprint density at radius 2 is 0.738 bits per heavy atom. The summed E-state index contributed by atoms with van der Waals surface area (Å²) in [7, 11) is 4.16. The number of benzene rings is 7. The largest absolute Gasteiger partial charge is 0.497 e. The highest BCUT2D eigenvalue weighted by molar-refractivity contribution is 5.50. The number of hydrogen-bond acceptors (Lipinski definition) is 6. The zero-order valence-electron chi connectivity index (χ0n) is 36.9. The molecule has 7 rings (SSSR count). The summed E-state index contributed by atoms with van der Waals surface area (Å²) in [5.74, 6) is 13.3. The monoisotopic (exact) mass is 813 g/mol. The van der Waals surface area contributed by atoms with Crippen LogP contribution in [0.4, 0.5) is 0 Å². The highest BCUT2D eigenvalue weighted by atomic mass is 16.5. The van der Waals surface area contributed by atoms with E-state index in [2.05, 4.69) is 35.8 Å². The molecule has 310 valence electrons. The van der Waals surface area contributed by atoms with E-state index < -0.39 is 5.60 Å². The fourth-order valence-electron chi connectivity index (χ4n) is 6.34. The molecule has 0 radical (unpaired) electrons. The van der Waals surface area contributed by atoms with Crippen LogP contribution in [0.5, 0.6) is 5.75 Å². The predicted octanol–water partition coefficient (Wildman–Crippen LogP) is 9.93. The minimum Gasteiger partial charge on any atom is -0.497 e. The molecule has 61 heavy (non-hydrogen) atoms. The molecule has 6 heteroatoms. The molecule has 0 aliphatic carbocycles. The van der Waals surface area contributed by atoms with Gasteiger partial charge in [-0.25, -0.2) is 0 Å². The van der Waals surface area contributed by atoms with E-state index in [4.69, 9.17) is 22.4 Å². The van der Waals surface area contributed by atoms with Gasteiger partial charge in [-0.05, 0) is 105 Å². The Kier molecular flexibility index (Phi) is 17.1. The van der Waals surface area contributed by atoms with Gasteiger partial charge in [-0.1, -0.05) is 154 Å². The Labute approximate surface area is 364 Å². The lowest BCUT2D eigenvalue weighted by atomic mass is 9.79. The lowest BCUT2D eigenvalue weighted by Gasteiger charge is -2.36. The van der Waals surface area contributed by atoms with Crippen LogP contribution in [-0.2, 0) is 43.4 Å². The van der Waals surface area contributed by atoms with Crippen molar-refractivity contribution in [3.63, 3.8) is 0 Å². The van der Waals surface area contributed by atoms with E-state index in [1.165, 1.54) is 14.8 Å². The number of aliphatic hydroxyl groups excluding tert-OH is 4. The molecule has 0 heterocycles. The molecular weight excluding hydrogens is 757 g/mol. The summed E-state index contributed by atoms with van der Waals surface area (Å²) < 4.78 is 23.9. The second kappa shape index (κ2) is 23.7. The Bertz CT molecular complexity index is 2380. The van der Waals surface area contributed by atoms with Crippen molar-refractivity contribution in [1.29, 1.82) is 0 Å². The maximum absolute atomic E-state index is 9.66. The van der Waals surface area contributed by atoms with Crippen LogP contribution in [-0.4, -0.2) is 27.5 Å². The van der Waals surface area contributed by atoms with Crippen LogP contribution in [0.15, 0.2) is 176 Å². The zero-order chi connectivity index (χ0) is 45.3. The molecule has 1 atom stereocenters. The molecular formula is C55H54O6. The van der Waals surface area contributed by atoms with E-state index >= 15 is 0 Å². The van der Waals surface area contributed by atoms with Crippen molar-refractivity contribution in [2.24, 2.45) is 0 Å². The fraction of sp³-hybridized carbons (Fsp3) is 0.164. The summed E-state index contributed by atoms with van der Waals surface area (Å²) in [5, 5.41) is 36.7. The minimum absolute atomic E-state index is 0.0226. The van der Waals surface area contributed by atoms with E-state index in [0.29, 0.717) is 6.61 Å². The van der Waals surface area contributed by atoms with Gasteiger partial charge >= 0.3 is 0 Å². The molecule has 7 aromatic rings. The van der Waals surface area contributed by atoms with Gasteiger partial charge in [-0.3, -0.25) is 0 Å². The van der Waals surface area contributed by atoms with E-state index in [0.717, 1.165) is 72.5 Å². The van der Waals surface area contributed by atoms with E-state index in [1.54, 1.807) is 7.11 Å². The van der Waals surface area contributed by atoms with Gasteiger partial charge in [0.1, 0.15) is 11.4 Å². The van der Waals surface area contributed by atoms with Crippen LogP contribution in [0.3, 0.4) is 0 Å². The highest BCUT2D eigenvalue weighted by Gasteiger charge is 2.37. The first-order valence-electron chi connectivity index (χ1n) is 21.2.